The number of carbonyl (C=O) groups is 2. The van der Waals surface area contributed by atoms with Crippen LogP contribution in [0.25, 0.3) is 0 Å². The molecule has 0 unspecified atom stereocenters. The van der Waals surface area contributed by atoms with Gasteiger partial charge in [-0.1, -0.05) is 15.9 Å². The number of rotatable bonds is 7. The minimum Gasteiger partial charge on any atom is -0.486 e. The zero-order valence-corrected chi connectivity index (χ0v) is 13.6. The van der Waals surface area contributed by atoms with Gasteiger partial charge in [-0.05, 0) is 30.5 Å². The lowest BCUT2D eigenvalue weighted by Crippen LogP contribution is -2.26. The number of carboxylic acid groups (broad SMARTS) is 1. The maximum Gasteiger partial charge on any atom is 0.303 e. The van der Waals surface area contributed by atoms with Crippen LogP contribution in [0.15, 0.2) is 16.6 Å². The minimum atomic E-state index is -0.813. The molecule has 7 heteroatoms. The molecule has 0 spiro atoms. The van der Waals surface area contributed by atoms with E-state index in [0.717, 1.165) is 10.0 Å². The molecule has 0 bridgehead atoms. The maximum atomic E-state index is 11.9. The zero-order valence-electron chi connectivity index (χ0n) is 12.1. The van der Waals surface area contributed by atoms with Crippen LogP contribution in [0.4, 0.5) is 0 Å². The molecule has 1 aromatic rings. The number of halogens is 1. The molecule has 1 aliphatic rings. The highest BCUT2D eigenvalue weighted by atomic mass is 79.9. The van der Waals surface area contributed by atoms with Crippen LogP contribution in [0, 0.1) is 0 Å². The standard InChI is InChI=1S/C15H18BrNO5/c16-11-9-13-12(21-5-6-22-13)7-10(11)8-14(18)17-4-2-1-3-15(19)20/h7,9H,1-6,8H2,(H,17,18)(H,19,20). The highest BCUT2D eigenvalue weighted by Gasteiger charge is 2.16. The summed E-state index contributed by atoms with van der Waals surface area (Å²) >= 11 is 3.43. The third-order valence-corrected chi connectivity index (χ3v) is 3.94. The van der Waals surface area contributed by atoms with Crippen LogP contribution in [0.3, 0.4) is 0 Å². The second kappa shape index (κ2) is 8.03. The predicted molar refractivity (Wildman–Crippen MR) is 83.3 cm³/mol. The van der Waals surface area contributed by atoms with Crippen molar-refractivity contribution in [1.82, 2.24) is 5.32 Å². The summed E-state index contributed by atoms with van der Waals surface area (Å²) in [6, 6.07) is 3.62. The van der Waals surface area contributed by atoms with E-state index in [9.17, 15) is 9.59 Å². The second-order valence-electron chi connectivity index (χ2n) is 4.96. The van der Waals surface area contributed by atoms with Gasteiger partial charge in [-0.3, -0.25) is 9.59 Å². The summed E-state index contributed by atoms with van der Waals surface area (Å²) in [6.45, 7) is 1.51. The van der Waals surface area contributed by atoms with Gasteiger partial charge in [0, 0.05) is 17.4 Å². The Kier molecular flexibility index (Phi) is 6.06. The molecule has 0 saturated heterocycles. The lowest BCUT2D eigenvalue weighted by atomic mass is 10.1. The molecular formula is C15H18BrNO5. The highest BCUT2D eigenvalue weighted by molar-refractivity contribution is 9.10. The number of fused-ring (bicyclic) bond motifs is 1. The summed E-state index contributed by atoms with van der Waals surface area (Å²) in [5, 5.41) is 11.3. The molecule has 1 heterocycles. The Labute approximate surface area is 136 Å². The molecule has 1 aromatic carbocycles. The molecular weight excluding hydrogens is 354 g/mol. The van der Waals surface area contributed by atoms with E-state index < -0.39 is 5.97 Å². The van der Waals surface area contributed by atoms with Gasteiger partial charge < -0.3 is 19.9 Å². The Morgan fingerprint density at radius 2 is 1.86 bits per heavy atom. The lowest BCUT2D eigenvalue weighted by Gasteiger charge is -2.19. The summed E-state index contributed by atoms with van der Waals surface area (Å²) in [5.41, 5.74) is 0.826. The van der Waals surface area contributed by atoms with Crippen molar-refractivity contribution in [3.05, 3.63) is 22.2 Å². The summed E-state index contributed by atoms with van der Waals surface area (Å²) in [5.74, 6) is 0.411. The normalized spacial score (nSPS) is 12.8. The predicted octanol–water partition coefficient (Wildman–Crippen LogP) is 2.13. The van der Waals surface area contributed by atoms with E-state index >= 15 is 0 Å². The fraction of sp³-hybridized carbons (Fsp3) is 0.467. The molecule has 120 valence electrons. The molecule has 0 atom stereocenters. The number of carboxylic acids is 1. The van der Waals surface area contributed by atoms with Crippen molar-refractivity contribution in [1.29, 1.82) is 0 Å². The van der Waals surface area contributed by atoms with Gasteiger partial charge in [0.1, 0.15) is 13.2 Å². The van der Waals surface area contributed by atoms with Gasteiger partial charge >= 0.3 is 5.97 Å². The number of amides is 1. The third-order valence-electron chi connectivity index (χ3n) is 3.20. The van der Waals surface area contributed by atoms with Crippen LogP contribution in [0.2, 0.25) is 0 Å². The largest absolute Gasteiger partial charge is 0.486 e. The Morgan fingerprint density at radius 3 is 2.55 bits per heavy atom. The van der Waals surface area contributed by atoms with Crippen molar-refractivity contribution in [2.75, 3.05) is 19.8 Å². The summed E-state index contributed by atoms with van der Waals surface area (Å²) in [4.78, 5) is 22.3. The summed E-state index contributed by atoms with van der Waals surface area (Å²) in [6.07, 6.45) is 1.57. The average Bonchev–Trinajstić information content (AvgIpc) is 2.47. The molecule has 0 aliphatic carbocycles. The van der Waals surface area contributed by atoms with E-state index in [0.29, 0.717) is 44.1 Å². The van der Waals surface area contributed by atoms with E-state index in [-0.39, 0.29) is 18.7 Å². The van der Waals surface area contributed by atoms with Crippen LogP contribution in [-0.2, 0) is 16.0 Å². The molecule has 2 rings (SSSR count). The van der Waals surface area contributed by atoms with Crippen LogP contribution < -0.4 is 14.8 Å². The number of nitrogens with one attached hydrogen (secondary N) is 1. The van der Waals surface area contributed by atoms with E-state index in [2.05, 4.69) is 21.2 Å². The first-order valence-corrected chi connectivity index (χ1v) is 7.92. The quantitative estimate of drug-likeness (QED) is 0.717. The highest BCUT2D eigenvalue weighted by Crippen LogP contribution is 2.35. The molecule has 0 aromatic heterocycles. The molecule has 1 aliphatic heterocycles. The number of hydrogen-bond acceptors (Lipinski definition) is 4. The number of aliphatic carboxylic acids is 1. The first kappa shape index (κ1) is 16.6. The first-order chi connectivity index (χ1) is 10.6. The fourth-order valence-electron chi connectivity index (χ4n) is 2.11. The molecule has 0 fully saturated rings. The second-order valence-corrected chi connectivity index (χ2v) is 5.82. The number of benzene rings is 1. The lowest BCUT2D eigenvalue weighted by molar-refractivity contribution is -0.137. The number of ether oxygens (including phenoxy) is 2. The summed E-state index contributed by atoms with van der Waals surface area (Å²) in [7, 11) is 0. The number of unbranched alkanes of at least 4 members (excludes halogenated alkanes) is 1. The SMILES string of the molecule is O=C(O)CCCCNC(=O)Cc1cc2c(cc1Br)OCCO2. The maximum absolute atomic E-state index is 11.9. The van der Waals surface area contributed by atoms with Crippen LogP contribution >= 0.6 is 15.9 Å². The fourth-order valence-corrected chi connectivity index (χ4v) is 2.57. The van der Waals surface area contributed by atoms with Gasteiger partial charge in [0.25, 0.3) is 0 Å². The van der Waals surface area contributed by atoms with E-state index in [4.69, 9.17) is 14.6 Å². The minimum absolute atomic E-state index is 0.104. The molecule has 0 saturated carbocycles. The average molecular weight is 372 g/mol. The van der Waals surface area contributed by atoms with Crippen molar-refractivity contribution in [2.45, 2.75) is 25.7 Å². The third kappa shape index (κ3) is 4.91. The monoisotopic (exact) mass is 371 g/mol. The van der Waals surface area contributed by atoms with Gasteiger partial charge in [-0.25, -0.2) is 0 Å². The smallest absolute Gasteiger partial charge is 0.303 e. The number of carbonyl (C=O) groups excluding carboxylic acids is 1. The van der Waals surface area contributed by atoms with E-state index in [1.165, 1.54) is 0 Å². The Bertz CT molecular complexity index is 561. The molecule has 22 heavy (non-hydrogen) atoms. The first-order valence-electron chi connectivity index (χ1n) is 7.13. The van der Waals surface area contributed by atoms with Gasteiger partial charge in [0.15, 0.2) is 11.5 Å². The summed E-state index contributed by atoms with van der Waals surface area (Å²) < 4.78 is 11.8. The van der Waals surface area contributed by atoms with Crippen molar-refractivity contribution in [2.24, 2.45) is 0 Å². The van der Waals surface area contributed by atoms with Gasteiger partial charge in [0.05, 0.1) is 6.42 Å². The van der Waals surface area contributed by atoms with E-state index in [1.807, 2.05) is 12.1 Å². The van der Waals surface area contributed by atoms with Crippen molar-refractivity contribution in [3.63, 3.8) is 0 Å². The van der Waals surface area contributed by atoms with Crippen molar-refractivity contribution < 1.29 is 24.2 Å². The van der Waals surface area contributed by atoms with Crippen molar-refractivity contribution >= 4 is 27.8 Å². The van der Waals surface area contributed by atoms with Gasteiger partial charge in [-0.2, -0.15) is 0 Å². The van der Waals surface area contributed by atoms with Crippen LogP contribution in [0.1, 0.15) is 24.8 Å². The van der Waals surface area contributed by atoms with Crippen LogP contribution in [0.5, 0.6) is 11.5 Å². The Balaban J connectivity index is 1.82. The molecule has 6 nitrogen and oxygen atoms in total. The molecule has 1 amide bonds. The van der Waals surface area contributed by atoms with Crippen LogP contribution in [-0.4, -0.2) is 36.7 Å². The topological polar surface area (TPSA) is 84.9 Å². The van der Waals surface area contributed by atoms with E-state index in [1.54, 1.807) is 0 Å². The molecule has 2 N–H and O–H groups in total. The van der Waals surface area contributed by atoms with Gasteiger partial charge in [-0.15, -0.1) is 0 Å². The van der Waals surface area contributed by atoms with Gasteiger partial charge in [0.2, 0.25) is 5.91 Å². The number of hydrogen-bond donors (Lipinski definition) is 2. The Hall–Kier alpha value is -1.76. The zero-order chi connectivity index (χ0) is 15.9. The molecule has 0 radical (unpaired) electrons. The van der Waals surface area contributed by atoms with Crippen molar-refractivity contribution in [3.8, 4) is 11.5 Å². The Morgan fingerprint density at radius 1 is 1.18 bits per heavy atom.